The predicted molar refractivity (Wildman–Crippen MR) is 80.5 cm³/mol. The number of hydrogen-bond donors (Lipinski definition) is 2. The zero-order valence-electron chi connectivity index (χ0n) is 10.9. The predicted octanol–water partition coefficient (Wildman–Crippen LogP) is 2.27. The minimum Gasteiger partial charge on any atom is -0.494 e. The molecule has 0 radical (unpaired) electrons. The largest absolute Gasteiger partial charge is 0.494 e. The van der Waals surface area contributed by atoms with E-state index in [4.69, 9.17) is 17.0 Å². The van der Waals surface area contributed by atoms with E-state index in [1.165, 1.54) is 0 Å². The van der Waals surface area contributed by atoms with Gasteiger partial charge in [-0.3, -0.25) is 10.1 Å². The lowest BCUT2D eigenvalue weighted by molar-refractivity contribution is 0.0976. The van der Waals surface area contributed by atoms with Crippen molar-refractivity contribution in [3.8, 4) is 5.75 Å². The maximum atomic E-state index is 11.8. The van der Waals surface area contributed by atoms with Crippen LogP contribution in [0.15, 0.2) is 36.9 Å². The number of benzene rings is 1. The van der Waals surface area contributed by atoms with E-state index in [0.29, 0.717) is 18.7 Å². The van der Waals surface area contributed by atoms with Gasteiger partial charge in [-0.05, 0) is 42.9 Å². The zero-order valence-corrected chi connectivity index (χ0v) is 11.8. The van der Waals surface area contributed by atoms with Crippen molar-refractivity contribution in [1.29, 1.82) is 0 Å². The Balaban J connectivity index is 2.52. The summed E-state index contributed by atoms with van der Waals surface area (Å²) in [6.07, 6.45) is 2.61. The number of rotatable bonds is 6. The molecule has 0 bridgehead atoms. The first-order valence-electron chi connectivity index (χ1n) is 6.10. The fourth-order valence-electron chi connectivity index (χ4n) is 1.31. The molecule has 102 valence electrons. The zero-order chi connectivity index (χ0) is 14.1. The number of thiocarbonyl (C=S) groups is 1. The summed E-state index contributed by atoms with van der Waals surface area (Å²) < 4.78 is 5.44. The Labute approximate surface area is 118 Å². The Morgan fingerprint density at radius 1 is 1.42 bits per heavy atom. The first-order valence-corrected chi connectivity index (χ1v) is 6.51. The first-order chi connectivity index (χ1) is 9.17. The van der Waals surface area contributed by atoms with Crippen LogP contribution in [0.3, 0.4) is 0 Å². The molecule has 0 aliphatic heterocycles. The van der Waals surface area contributed by atoms with Gasteiger partial charge in [0.05, 0.1) is 6.61 Å². The summed E-state index contributed by atoms with van der Waals surface area (Å²) in [5.41, 5.74) is 0.534. The summed E-state index contributed by atoms with van der Waals surface area (Å²) in [5, 5.41) is 5.70. The van der Waals surface area contributed by atoms with Crippen LogP contribution in [-0.4, -0.2) is 24.2 Å². The molecule has 0 spiro atoms. The minimum absolute atomic E-state index is 0.247. The molecule has 19 heavy (non-hydrogen) atoms. The molecule has 0 aliphatic rings. The Hall–Kier alpha value is -1.88. The first kappa shape index (κ1) is 15.2. The van der Waals surface area contributed by atoms with Gasteiger partial charge in [0, 0.05) is 12.1 Å². The number of amides is 1. The van der Waals surface area contributed by atoms with Gasteiger partial charge >= 0.3 is 0 Å². The maximum Gasteiger partial charge on any atom is 0.257 e. The number of hydrogen-bond acceptors (Lipinski definition) is 3. The van der Waals surface area contributed by atoms with Gasteiger partial charge < -0.3 is 10.1 Å². The molecule has 0 aliphatic carbocycles. The van der Waals surface area contributed by atoms with Crippen molar-refractivity contribution in [2.24, 2.45) is 0 Å². The lowest BCUT2D eigenvalue weighted by atomic mass is 10.2. The molecule has 0 aromatic heterocycles. The van der Waals surface area contributed by atoms with Crippen molar-refractivity contribution in [3.05, 3.63) is 42.5 Å². The van der Waals surface area contributed by atoms with E-state index >= 15 is 0 Å². The number of carbonyl (C=O) groups is 1. The molecule has 0 unspecified atom stereocenters. The Morgan fingerprint density at radius 2 is 2.11 bits per heavy atom. The molecule has 0 fully saturated rings. The molecule has 0 saturated heterocycles. The van der Waals surface area contributed by atoms with Crippen molar-refractivity contribution >= 4 is 23.2 Å². The van der Waals surface area contributed by atoms with E-state index in [2.05, 4.69) is 17.2 Å². The highest BCUT2D eigenvalue weighted by atomic mass is 32.1. The van der Waals surface area contributed by atoms with Crippen LogP contribution >= 0.6 is 12.2 Å². The quantitative estimate of drug-likeness (QED) is 0.619. The molecule has 0 heterocycles. The summed E-state index contributed by atoms with van der Waals surface area (Å²) in [6, 6.07) is 6.95. The average molecular weight is 278 g/mol. The summed E-state index contributed by atoms with van der Waals surface area (Å²) in [5.74, 6) is 0.509. The van der Waals surface area contributed by atoms with Crippen LogP contribution in [0.25, 0.3) is 0 Å². The Bertz CT molecular complexity index is 443. The normalized spacial score (nSPS) is 9.53. The van der Waals surface area contributed by atoms with Gasteiger partial charge in [0.15, 0.2) is 5.11 Å². The SMILES string of the molecule is C=CCNC(=S)NC(=O)c1ccc(OCCC)cc1. The van der Waals surface area contributed by atoms with E-state index < -0.39 is 0 Å². The molecule has 1 rings (SSSR count). The monoisotopic (exact) mass is 278 g/mol. The molecule has 0 atom stereocenters. The number of nitrogens with one attached hydrogen (secondary N) is 2. The van der Waals surface area contributed by atoms with Crippen molar-refractivity contribution in [2.75, 3.05) is 13.2 Å². The topological polar surface area (TPSA) is 50.4 Å². The molecule has 1 aromatic carbocycles. The van der Waals surface area contributed by atoms with Crippen molar-refractivity contribution in [1.82, 2.24) is 10.6 Å². The molecular formula is C14H18N2O2S. The summed E-state index contributed by atoms with van der Waals surface area (Å²) in [7, 11) is 0. The van der Waals surface area contributed by atoms with E-state index in [-0.39, 0.29) is 11.0 Å². The highest BCUT2D eigenvalue weighted by Gasteiger charge is 2.07. The second-order valence-corrected chi connectivity index (χ2v) is 4.23. The standard InChI is InChI=1S/C14H18N2O2S/c1-3-9-15-14(19)16-13(17)11-5-7-12(8-6-11)18-10-4-2/h3,5-8H,1,4,9-10H2,2H3,(H2,15,16,17,19). The lowest BCUT2D eigenvalue weighted by Gasteiger charge is -2.08. The minimum atomic E-state index is -0.247. The number of ether oxygens (including phenoxy) is 1. The molecule has 1 aromatic rings. The third-order valence-corrected chi connectivity index (χ3v) is 2.47. The van der Waals surface area contributed by atoms with Crippen LogP contribution in [0.5, 0.6) is 5.75 Å². The molecule has 1 amide bonds. The third kappa shape index (κ3) is 5.52. The molecule has 0 saturated carbocycles. The van der Waals surface area contributed by atoms with Gasteiger partial charge in [-0.25, -0.2) is 0 Å². The van der Waals surface area contributed by atoms with Crippen LogP contribution in [-0.2, 0) is 0 Å². The van der Waals surface area contributed by atoms with Crippen molar-refractivity contribution in [3.63, 3.8) is 0 Å². The fourth-order valence-corrected chi connectivity index (χ4v) is 1.48. The van der Waals surface area contributed by atoms with Crippen LogP contribution in [0.2, 0.25) is 0 Å². The summed E-state index contributed by atoms with van der Waals surface area (Å²) in [6.45, 7) is 6.78. The molecular weight excluding hydrogens is 260 g/mol. The van der Waals surface area contributed by atoms with Crippen LogP contribution in [0, 0.1) is 0 Å². The van der Waals surface area contributed by atoms with Crippen molar-refractivity contribution in [2.45, 2.75) is 13.3 Å². The second-order valence-electron chi connectivity index (χ2n) is 3.83. The average Bonchev–Trinajstić information content (AvgIpc) is 2.43. The lowest BCUT2D eigenvalue weighted by Crippen LogP contribution is -2.39. The van der Waals surface area contributed by atoms with Crippen LogP contribution < -0.4 is 15.4 Å². The van der Waals surface area contributed by atoms with Gasteiger partial charge in [0.1, 0.15) is 5.75 Å². The van der Waals surface area contributed by atoms with Gasteiger partial charge in [0.2, 0.25) is 0 Å². The van der Waals surface area contributed by atoms with E-state index in [0.717, 1.165) is 12.2 Å². The maximum absolute atomic E-state index is 11.8. The Morgan fingerprint density at radius 3 is 2.68 bits per heavy atom. The van der Waals surface area contributed by atoms with Crippen LogP contribution in [0.1, 0.15) is 23.7 Å². The van der Waals surface area contributed by atoms with Crippen molar-refractivity contribution < 1.29 is 9.53 Å². The summed E-state index contributed by atoms with van der Waals surface area (Å²) >= 11 is 4.96. The van der Waals surface area contributed by atoms with Crippen LogP contribution in [0.4, 0.5) is 0 Å². The molecule has 4 nitrogen and oxygen atoms in total. The van der Waals surface area contributed by atoms with Gasteiger partial charge in [0.25, 0.3) is 5.91 Å². The third-order valence-electron chi connectivity index (χ3n) is 2.22. The number of carbonyl (C=O) groups excluding carboxylic acids is 1. The highest BCUT2D eigenvalue weighted by Crippen LogP contribution is 2.12. The smallest absolute Gasteiger partial charge is 0.257 e. The molecule has 2 N–H and O–H groups in total. The molecule has 5 heteroatoms. The second kappa shape index (κ2) is 8.26. The fraction of sp³-hybridized carbons (Fsp3) is 0.286. The van der Waals surface area contributed by atoms with Gasteiger partial charge in [-0.2, -0.15) is 0 Å². The Kier molecular flexibility index (Phi) is 6.60. The van der Waals surface area contributed by atoms with E-state index in [1.807, 2.05) is 6.92 Å². The van der Waals surface area contributed by atoms with E-state index in [1.54, 1.807) is 30.3 Å². The van der Waals surface area contributed by atoms with Gasteiger partial charge in [-0.15, -0.1) is 6.58 Å². The summed E-state index contributed by atoms with van der Waals surface area (Å²) in [4.78, 5) is 11.8. The van der Waals surface area contributed by atoms with Gasteiger partial charge in [-0.1, -0.05) is 13.0 Å². The van der Waals surface area contributed by atoms with E-state index in [9.17, 15) is 4.79 Å². The highest BCUT2D eigenvalue weighted by molar-refractivity contribution is 7.80.